The van der Waals surface area contributed by atoms with Gasteiger partial charge in [0.25, 0.3) is 0 Å². The highest BCUT2D eigenvalue weighted by atomic mass is 35.5. The second kappa shape index (κ2) is 7.65. The predicted molar refractivity (Wildman–Crippen MR) is 108 cm³/mol. The summed E-state index contributed by atoms with van der Waals surface area (Å²) in [6.07, 6.45) is 3.75. The number of thioether (sulfide) groups is 1. The zero-order chi connectivity index (χ0) is 19.7. The number of aromatic nitrogens is 5. The van der Waals surface area contributed by atoms with Crippen LogP contribution >= 0.6 is 23.4 Å². The van der Waals surface area contributed by atoms with Gasteiger partial charge in [0.15, 0.2) is 16.6 Å². The standard InChI is InChI=1S/C19H16ClN5O2S/c1-24-16(12-5-7-13(20)8-6-12)22-23-19(24)28-11-14-10-25-9-3-4-15(17(25)21-14)18(26)27-2/h3-10H,11H2,1-2H3. The largest absolute Gasteiger partial charge is 0.465 e. The molecule has 0 spiro atoms. The number of benzene rings is 1. The molecule has 0 bridgehead atoms. The topological polar surface area (TPSA) is 74.3 Å². The molecule has 28 heavy (non-hydrogen) atoms. The molecule has 0 aliphatic rings. The Bertz CT molecular complexity index is 1150. The van der Waals surface area contributed by atoms with E-state index >= 15 is 0 Å². The van der Waals surface area contributed by atoms with Gasteiger partial charge >= 0.3 is 5.97 Å². The minimum Gasteiger partial charge on any atom is -0.465 e. The van der Waals surface area contributed by atoms with Crippen molar-refractivity contribution in [1.29, 1.82) is 0 Å². The molecule has 0 radical (unpaired) electrons. The van der Waals surface area contributed by atoms with E-state index in [1.165, 1.54) is 18.9 Å². The van der Waals surface area contributed by atoms with Gasteiger partial charge in [-0.2, -0.15) is 0 Å². The molecule has 0 aliphatic carbocycles. The van der Waals surface area contributed by atoms with Crippen molar-refractivity contribution in [1.82, 2.24) is 24.1 Å². The molecule has 0 atom stereocenters. The first-order valence-electron chi connectivity index (χ1n) is 8.40. The van der Waals surface area contributed by atoms with Crippen molar-refractivity contribution in [2.24, 2.45) is 7.05 Å². The van der Waals surface area contributed by atoms with E-state index in [9.17, 15) is 4.79 Å². The third kappa shape index (κ3) is 3.48. The SMILES string of the molecule is COC(=O)c1cccn2cc(CSc3nnc(-c4ccc(Cl)cc4)n3C)nc12. The van der Waals surface area contributed by atoms with Crippen molar-refractivity contribution < 1.29 is 9.53 Å². The highest BCUT2D eigenvalue weighted by Crippen LogP contribution is 2.26. The first kappa shape index (κ1) is 18.5. The van der Waals surface area contributed by atoms with Gasteiger partial charge in [0.2, 0.25) is 0 Å². The molecule has 142 valence electrons. The lowest BCUT2D eigenvalue weighted by atomic mass is 10.2. The molecule has 0 N–H and O–H groups in total. The number of halogens is 1. The molecule has 0 aliphatic heterocycles. The summed E-state index contributed by atoms with van der Waals surface area (Å²) < 4.78 is 8.57. The maximum atomic E-state index is 11.9. The lowest BCUT2D eigenvalue weighted by Gasteiger charge is -2.03. The van der Waals surface area contributed by atoms with Crippen LogP contribution in [0.3, 0.4) is 0 Å². The summed E-state index contributed by atoms with van der Waals surface area (Å²) >= 11 is 7.48. The Labute approximate surface area is 170 Å². The quantitative estimate of drug-likeness (QED) is 0.365. The Morgan fingerprint density at radius 1 is 1.21 bits per heavy atom. The third-order valence-electron chi connectivity index (χ3n) is 4.22. The van der Waals surface area contributed by atoms with E-state index < -0.39 is 5.97 Å². The van der Waals surface area contributed by atoms with Crippen molar-refractivity contribution >= 4 is 35.0 Å². The zero-order valence-electron chi connectivity index (χ0n) is 15.2. The second-order valence-electron chi connectivity index (χ2n) is 6.04. The van der Waals surface area contributed by atoms with Gasteiger partial charge in [-0.15, -0.1) is 10.2 Å². The highest BCUT2D eigenvalue weighted by Gasteiger charge is 2.15. The number of imidazole rings is 1. The van der Waals surface area contributed by atoms with Gasteiger partial charge in [0, 0.05) is 35.8 Å². The molecule has 0 saturated carbocycles. The predicted octanol–water partition coefficient (Wildman–Crippen LogP) is 3.86. The van der Waals surface area contributed by atoms with E-state index in [-0.39, 0.29) is 0 Å². The van der Waals surface area contributed by atoms with Gasteiger partial charge < -0.3 is 13.7 Å². The zero-order valence-corrected chi connectivity index (χ0v) is 16.7. The lowest BCUT2D eigenvalue weighted by Crippen LogP contribution is -2.03. The molecule has 3 heterocycles. The van der Waals surface area contributed by atoms with Gasteiger partial charge in [-0.05, 0) is 36.4 Å². The normalized spacial score (nSPS) is 11.1. The Kier molecular flexibility index (Phi) is 5.06. The summed E-state index contributed by atoms with van der Waals surface area (Å²) in [5, 5.41) is 10.0. The van der Waals surface area contributed by atoms with Gasteiger partial charge in [-0.25, -0.2) is 9.78 Å². The van der Waals surface area contributed by atoms with E-state index in [0.717, 1.165) is 22.2 Å². The van der Waals surface area contributed by atoms with E-state index in [1.54, 1.807) is 12.1 Å². The molecular weight excluding hydrogens is 398 g/mol. The number of fused-ring (bicyclic) bond motifs is 1. The number of hydrogen-bond donors (Lipinski definition) is 0. The van der Waals surface area contributed by atoms with Crippen LogP contribution in [0.15, 0.2) is 53.9 Å². The second-order valence-corrected chi connectivity index (χ2v) is 7.42. The van der Waals surface area contributed by atoms with Crippen molar-refractivity contribution in [2.45, 2.75) is 10.9 Å². The van der Waals surface area contributed by atoms with Gasteiger partial charge in [-0.3, -0.25) is 0 Å². The highest BCUT2D eigenvalue weighted by molar-refractivity contribution is 7.98. The first-order chi connectivity index (χ1) is 13.6. The monoisotopic (exact) mass is 413 g/mol. The van der Waals surface area contributed by atoms with Crippen molar-refractivity contribution in [2.75, 3.05) is 7.11 Å². The van der Waals surface area contributed by atoms with Crippen molar-refractivity contribution in [3.63, 3.8) is 0 Å². The maximum Gasteiger partial charge on any atom is 0.341 e. The summed E-state index contributed by atoms with van der Waals surface area (Å²) in [6.45, 7) is 0. The number of hydrogen-bond acceptors (Lipinski definition) is 6. The molecule has 7 nitrogen and oxygen atoms in total. The minimum atomic E-state index is -0.406. The Hall–Kier alpha value is -2.84. The molecular formula is C19H16ClN5O2S. The fourth-order valence-corrected chi connectivity index (χ4v) is 3.75. The molecule has 3 aromatic heterocycles. The Morgan fingerprint density at radius 2 is 2.00 bits per heavy atom. The minimum absolute atomic E-state index is 0.406. The first-order valence-corrected chi connectivity index (χ1v) is 9.76. The van der Waals surface area contributed by atoms with Crippen LogP contribution in [0.1, 0.15) is 16.1 Å². The summed E-state index contributed by atoms with van der Waals surface area (Å²) in [5.41, 5.74) is 2.79. The molecule has 0 fully saturated rings. The van der Waals surface area contributed by atoms with Gasteiger partial charge in [0.05, 0.1) is 12.8 Å². The van der Waals surface area contributed by atoms with Gasteiger partial charge in [-0.1, -0.05) is 23.4 Å². The third-order valence-corrected chi connectivity index (χ3v) is 5.53. The molecule has 0 saturated heterocycles. The van der Waals surface area contributed by atoms with Crippen LogP contribution in [0.2, 0.25) is 5.02 Å². The number of ether oxygens (including phenoxy) is 1. The van der Waals surface area contributed by atoms with Crippen LogP contribution in [0.5, 0.6) is 0 Å². The number of rotatable bonds is 5. The van der Waals surface area contributed by atoms with Gasteiger partial charge in [0.1, 0.15) is 5.56 Å². The van der Waals surface area contributed by atoms with Crippen LogP contribution in [0.4, 0.5) is 0 Å². The van der Waals surface area contributed by atoms with Crippen LogP contribution in [0, 0.1) is 0 Å². The summed E-state index contributed by atoms with van der Waals surface area (Å²) in [6, 6.07) is 11.0. The molecule has 1 aromatic carbocycles. The van der Waals surface area contributed by atoms with Crippen molar-refractivity contribution in [3.8, 4) is 11.4 Å². The Balaban J connectivity index is 1.55. The number of esters is 1. The molecule has 4 rings (SSSR count). The molecule has 0 unspecified atom stereocenters. The number of carbonyl (C=O) groups is 1. The van der Waals surface area contributed by atoms with Crippen LogP contribution in [0.25, 0.3) is 17.0 Å². The number of pyridine rings is 1. The summed E-state index contributed by atoms with van der Waals surface area (Å²) in [7, 11) is 3.28. The Morgan fingerprint density at radius 3 is 2.75 bits per heavy atom. The van der Waals surface area contributed by atoms with Crippen LogP contribution < -0.4 is 0 Å². The fraction of sp³-hybridized carbons (Fsp3) is 0.158. The average Bonchev–Trinajstić information content (AvgIpc) is 3.29. The van der Waals surface area contributed by atoms with E-state index in [2.05, 4.69) is 15.2 Å². The summed E-state index contributed by atoms with van der Waals surface area (Å²) in [5.74, 6) is 0.952. The lowest BCUT2D eigenvalue weighted by molar-refractivity contribution is 0.0602. The summed E-state index contributed by atoms with van der Waals surface area (Å²) in [4.78, 5) is 16.5. The van der Waals surface area contributed by atoms with Crippen LogP contribution in [-0.4, -0.2) is 37.2 Å². The molecule has 9 heteroatoms. The fourth-order valence-electron chi connectivity index (χ4n) is 2.83. The van der Waals surface area contributed by atoms with E-state index in [1.807, 2.05) is 52.7 Å². The van der Waals surface area contributed by atoms with E-state index in [0.29, 0.717) is 22.0 Å². The van der Waals surface area contributed by atoms with E-state index in [4.69, 9.17) is 16.3 Å². The number of carbonyl (C=O) groups excluding carboxylic acids is 1. The van der Waals surface area contributed by atoms with Crippen molar-refractivity contribution in [3.05, 3.63) is 65.1 Å². The molecule has 0 amide bonds. The smallest absolute Gasteiger partial charge is 0.341 e. The number of nitrogens with zero attached hydrogens (tertiary/aromatic N) is 5. The number of methoxy groups -OCH3 is 1. The maximum absolute atomic E-state index is 11.9. The average molecular weight is 414 g/mol. The van der Waals surface area contributed by atoms with Crippen LogP contribution in [-0.2, 0) is 17.5 Å². The molecule has 4 aromatic rings.